The van der Waals surface area contributed by atoms with Gasteiger partial charge in [-0.1, -0.05) is 85.6 Å². The quantitative estimate of drug-likeness (QED) is 0.191. The standard InChI is InChI=1S/C33H45N3O3S/c1-10-11-12-19-36-21-27(34-28(36)22-13-16-24(17-14-22)40-33(8,9)30(38)39)29(37)35-26-20-23(31(2,3)4)15-18-25(26)32(5,6)7/h13-18,20-21H,10-12,19H2,1-9H3,(H,35,37)(H,38,39). The summed E-state index contributed by atoms with van der Waals surface area (Å²) in [4.78, 5) is 30.8. The number of carboxylic acids is 1. The molecule has 0 fully saturated rings. The van der Waals surface area contributed by atoms with Gasteiger partial charge in [0.1, 0.15) is 16.3 Å². The number of imidazole rings is 1. The van der Waals surface area contributed by atoms with Crippen molar-refractivity contribution < 1.29 is 14.7 Å². The third-order valence-electron chi connectivity index (χ3n) is 6.95. The van der Waals surface area contributed by atoms with Crippen molar-refractivity contribution in [3.05, 3.63) is 65.5 Å². The molecule has 0 unspecified atom stereocenters. The number of nitrogens with one attached hydrogen (secondary N) is 1. The van der Waals surface area contributed by atoms with Crippen LogP contribution in [-0.2, 0) is 22.2 Å². The van der Waals surface area contributed by atoms with E-state index in [0.29, 0.717) is 5.69 Å². The maximum absolute atomic E-state index is 13.6. The van der Waals surface area contributed by atoms with Crippen molar-refractivity contribution in [1.29, 1.82) is 0 Å². The SMILES string of the molecule is CCCCCn1cc(C(=O)Nc2cc(C(C)(C)C)ccc2C(C)(C)C)nc1-c1ccc(SC(C)(C)C(=O)O)cc1. The fourth-order valence-electron chi connectivity index (χ4n) is 4.42. The maximum Gasteiger partial charge on any atom is 0.319 e. The summed E-state index contributed by atoms with van der Waals surface area (Å²) in [6.45, 7) is 19.3. The highest BCUT2D eigenvalue weighted by atomic mass is 32.2. The molecule has 1 amide bonds. The van der Waals surface area contributed by atoms with Crippen LogP contribution < -0.4 is 5.32 Å². The Hall–Kier alpha value is -3.06. The minimum Gasteiger partial charge on any atom is -0.480 e. The largest absolute Gasteiger partial charge is 0.480 e. The maximum atomic E-state index is 13.6. The summed E-state index contributed by atoms with van der Waals surface area (Å²) in [5.41, 5.74) is 4.12. The van der Waals surface area contributed by atoms with Gasteiger partial charge in [0.05, 0.1) is 0 Å². The van der Waals surface area contributed by atoms with Gasteiger partial charge in [0, 0.05) is 28.9 Å². The fourth-order valence-corrected chi connectivity index (χ4v) is 5.37. The Labute approximate surface area is 244 Å². The van der Waals surface area contributed by atoms with Crippen LogP contribution in [0.1, 0.15) is 103 Å². The second-order valence-electron chi connectivity index (χ2n) is 13.0. The van der Waals surface area contributed by atoms with E-state index in [0.717, 1.165) is 58.9 Å². The van der Waals surface area contributed by atoms with Crippen molar-refractivity contribution in [1.82, 2.24) is 9.55 Å². The van der Waals surface area contributed by atoms with Crippen LogP contribution in [0.5, 0.6) is 0 Å². The molecule has 0 aliphatic rings. The van der Waals surface area contributed by atoms with Gasteiger partial charge in [0.25, 0.3) is 5.91 Å². The molecule has 0 radical (unpaired) electrons. The van der Waals surface area contributed by atoms with Crippen molar-refractivity contribution in [3.63, 3.8) is 0 Å². The van der Waals surface area contributed by atoms with Crippen molar-refractivity contribution >= 4 is 29.3 Å². The lowest BCUT2D eigenvalue weighted by molar-refractivity contribution is -0.138. The first-order chi connectivity index (χ1) is 18.5. The van der Waals surface area contributed by atoms with Crippen LogP contribution in [0.4, 0.5) is 5.69 Å². The summed E-state index contributed by atoms with van der Waals surface area (Å²) in [5, 5.41) is 12.7. The number of aryl methyl sites for hydroxylation is 1. The van der Waals surface area contributed by atoms with Crippen LogP contribution in [0.3, 0.4) is 0 Å². The van der Waals surface area contributed by atoms with Crippen LogP contribution in [0, 0.1) is 0 Å². The average molecular weight is 564 g/mol. The Kier molecular flexibility index (Phi) is 9.61. The molecule has 6 nitrogen and oxygen atoms in total. The number of anilines is 1. The molecule has 1 aromatic heterocycles. The van der Waals surface area contributed by atoms with E-state index in [4.69, 9.17) is 4.98 Å². The van der Waals surface area contributed by atoms with E-state index in [2.05, 4.69) is 76.5 Å². The van der Waals surface area contributed by atoms with Crippen LogP contribution in [0.25, 0.3) is 11.4 Å². The number of nitrogens with zero attached hydrogens (tertiary/aromatic N) is 2. The Bertz CT molecular complexity index is 1340. The molecule has 2 N–H and O–H groups in total. The van der Waals surface area contributed by atoms with Gasteiger partial charge in [-0.25, -0.2) is 4.98 Å². The summed E-state index contributed by atoms with van der Waals surface area (Å²) >= 11 is 1.31. The van der Waals surface area contributed by atoms with Gasteiger partial charge >= 0.3 is 5.97 Å². The number of hydrogen-bond acceptors (Lipinski definition) is 4. The number of carbonyl (C=O) groups excluding carboxylic acids is 1. The summed E-state index contributed by atoms with van der Waals surface area (Å²) < 4.78 is 1.13. The number of rotatable bonds is 10. The first-order valence-electron chi connectivity index (χ1n) is 14.1. The van der Waals surface area contributed by atoms with Crippen LogP contribution in [0.15, 0.2) is 53.6 Å². The van der Waals surface area contributed by atoms with E-state index in [9.17, 15) is 14.7 Å². The van der Waals surface area contributed by atoms with Crippen LogP contribution >= 0.6 is 11.8 Å². The van der Waals surface area contributed by atoms with E-state index in [1.165, 1.54) is 11.8 Å². The van der Waals surface area contributed by atoms with Gasteiger partial charge in [-0.05, 0) is 60.4 Å². The van der Waals surface area contributed by atoms with E-state index < -0.39 is 10.7 Å². The Morgan fingerprint density at radius 3 is 2.12 bits per heavy atom. The highest BCUT2D eigenvalue weighted by Crippen LogP contribution is 2.35. The molecule has 0 atom stereocenters. The number of carbonyl (C=O) groups is 2. The topological polar surface area (TPSA) is 84.2 Å². The first kappa shape index (κ1) is 31.5. The Balaban J connectivity index is 1.96. The summed E-state index contributed by atoms with van der Waals surface area (Å²) in [5.74, 6) is -0.358. The zero-order chi connectivity index (χ0) is 29.9. The molecule has 40 heavy (non-hydrogen) atoms. The zero-order valence-corrected chi connectivity index (χ0v) is 26.3. The van der Waals surface area contributed by atoms with Gasteiger partial charge in [-0.3, -0.25) is 9.59 Å². The number of aromatic nitrogens is 2. The fraction of sp³-hybridized carbons (Fsp3) is 0.485. The number of thioether (sulfide) groups is 1. The van der Waals surface area contributed by atoms with Gasteiger partial charge in [0.2, 0.25) is 0 Å². The van der Waals surface area contributed by atoms with Crippen molar-refractivity contribution in [3.8, 4) is 11.4 Å². The van der Waals surface area contributed by atoms with E-state index in [1.807, 2.05) is 30.5 Å². The van der Waals surface area contributed by atoms with Gasteiger partial charge in [-0.2, -0.15) is 0 Å². The number of amides is 1. The van der Waals surface area contributed by atoms with E-state index in [1.54, 1.807) is 13.8 Å². The number of carboxylic acid groups (broad SMARTS) is 1. The molecule has 0 bridgehead atoms. The molecule has 7 heteroatoms. The third-order valence-corrected chi connectivity index (χ3v) is 8.15. The highest BCUT2D eigenvalue weighted by molar-refractivity contribution is 8.01. The minimum absolute atomic E-state index is 0.0476. The van der Waals surface area contributed by atoms with Crippen molar-refractivity contribution in [2.75, 3.05) is 5.32 Å². The minimum atomic E-state index is -0.929. The van der Waals surface area contributed by atoms with Gasteiger partial charge < -0.3 is 15.0 Å². The molecular formula is C33H45N3O3S. The van der Waals surface area contributed by atoms with E-state index in [-0.39, 0.29) is 16.7 Å². The molecule has 0 saturated carbocycles. The summed E-state index contributed by atoms with van der Waals surface area (Å²) in [7, 11) is 0. The monoisotopic (exact) mass is 563 g/mol. The average Bonchev–Trinajstić information content (AvgIpc) is 3.27. The summed E-state index contributed by atoms with van der Waals surface area (Å²) in [6.07, 6.45) is 5.03. The lowest BCUT2D eigenvalue weighted by Crippen LogP contribution is -2.26. The number of unbranched alkanes of at least 4 members (excludes halogenated alkanes) is 2. The predicted octanol–water partition coefficient (Wildman–Crippen LogP) is 8.54. The molecule has 216 valence electrons. The molecule has 0 spiro atoms. The third kappa shape index (κ3) is 7.78. The summed E-state index contributed by atoms with van der Waals surface area (Å²) in [6, 6.07) is 14.1. The molecule has 2 aromatic carbocycles. The lowest BCUT2D eigenvalue weighted by Gasteiger charge is -2.26. The van der Waals surface area contributed by atoms with Crippen molar-refractivity contribution in [2.45, 2.75) is 109 Å². The molecule has 0 saturated heterocycles. The molecule has 1 heterocycles. The number of aliphatic carboxylic acids is 1. The zero-order valence-electron chi connectivity index (χ0n) is 25.5. The number of hydrogen-bond donors (Lipinski definition) is 2. The van der Waals surface area contributed by atoms with Gasteiger partial charge in [-0.15, -0.1) is 11.8 Å². The molecule has 0 aliphatic heterocycles. The Morgan fingerprint density at radius 1 is 0.925 bits per heavy atom. The molecule has 3 rings (SSSR count). The highest BCUT2D eigenvalue weighted by Gasteiger charge is 2.28. The second kappa shape index (κ2) is 12.2. The normalized spacial score (nSPS) is 12.4. The Morgan fingerprint density at radius 2 is 1.57 bits per heavy atom. The van der Waals surface area contributed by atoms with Crippen molar-refractivity contribution in [2.24, 2.45) is 0 Å². The molecule has 0 aliphatic carbocycles. The van der Waals surface area contributed by atoms with Crippen LogP contribution in [-0.4, -0.2) is 31.3 Å². The smallest absolute Gasteiger partial charge is 0.319 e. The van der Waals surface area contributed by atoms with Crippen LogP contribution in [0.2, 0.25) is 0 Å². The number of benzene rings is 2. The first-order valence-corrected chi connectivity index (χ1v) is 14.9. The predicted molar refractivity (Wildman–Crippen MR) is 167 cm³/mol. The molecule has 3 aromatic rings. The van der Waals surface area contributed by atoms with E-state index >= 15 is 0 Å². The second-order valence-corrected chi connectivity index (χ2v) is 14.7. The molecular weight excluding hydrogens is 518 g/mol. The van der Waals surface area contributed by atoms with Gasteiger partial charge in [0.15, 0.2) is 0 Å². The lowest BCUT2D eigenvalue weighted by atomic mass is 9.81.